The summed E-state index contributed by atoms with van der Waals surface area (Å²) in [5, 5.41) is 0. The topological polar surface area (TPSA) is 34.1 Å². The Morgan fingerprint density at radius 1 is 0.577 bits per heavy atom. The average molecular weight is 407 g/mol. The first-order valence-corrected chi connectivity index (χ1v) is 14.2. The third-order valence-corrected chi connectivity index (χ3v) is 8.60. The molecule has 0 amide bonds. The van der Waals surface area contributed by atoms with Gasteiger partial charge in [-0.3, -0.25) is 8.42 Å². The predicted molar refractivity (Wildman–Crippen MR) is 121 cm³/mol. The zero-order chi connectivity index (χ0) is 19.6. The molecule has 0 aromatic carbocycles. The van der Waals surface area contributed by atoms with Gasteiger partial charge in [-0.1, -0.05) is 79.1 Å². The number of rotatable bonds is 19. The second-order valence-corrected chi connectivity index (χ2v) is 11.1. The summed E-state index contributed by atoms with van der Waals surface area (Å²) >= 11 is 0. The second kappa shape index (κ2) is 18.7. The second-order valence-electron chi connectivity index (χ2n) is 7.87. The molecule has 0 aliphatic heterocycles. The minimum Gasteiger partial charge on any atom is -0.260 e. The van der Waals surface area contributed by atoms with E-state index in [1.807, 2.05) is 0 Å². The first-order valence-electron chi connectivity index (χ1n) is 11.3. The molecule has 158 valence electrons. The Kier molecular flexibility index (Phi) is 18.9. The Morgan fingerprint density at radius 3 is 1.27 bits per heavy atom. The van der Waals surface area contributed by atoms with Gasteiger partial charge in [0.25, 0.3) is 0 Å². The molecule has 26 heavy (non-hydrogen) atoms. The SMILES string of the molecule is CCCCC(CC)CS(=O)CCCCCCS(=O)CC(CC)CCCC. The van der Waals surface area contributed by atoms with E-state index in [9.17, 15) is 8.42 Å². The molecule has 0 saturated carbocycles. The van der Waals surface area contributed by atoms with Crippen molar-refractivity contribution in [3.8, 4) is 0 Å². The van der Waals surface area contributed by atoms with Gasteiger partial charge in [-0.05, 0) is 37.5 Å². The van der Waals surface area contributed by atoms with Gasteiger partial charge in [0.05, 0.1) is 0 Å². The van der Waals surface area contributed by atoms with Crippen molar-refractivity contribution in [3.63, 3.8) is 0 Å². The van der Waals surface area contributed by atoms with Gasteiger partial charge < -0.3 is 0 Å². The van der Waals surface area contributed by atoms with Crippen molar-refractivity contribution in [1.29, 1.82) is 0 Å². The lowest BCUT2D eigenvalue weighted by Crippen LogP contribution is -2.13. The summed E-state index contributed by atoms with van der Waals surface area (Å²) < 4.78 is 24.4. The van der Waals surface area contributed by atoms with Gasteiger partial charge in [-0.15, -0.1) is 0 Å². The zero-order valence-corrected chi connectivity index (χ0v) is 19.7. The molecule has 0 bridgehead atoms. The summed E-state index contributed by atoms with van der Waals surface area (Å²) in [6, 6.07) is 0. The van der Waals surface area contributed by atoms with E-state index in [1.54, 1.807) is 0 Å². The fourth-order valence-electron chi connectivity index (χ4n) is 3.37. The van der Waals surface area contributed by atoms with Crippen LogP contribution in [0.5, 0.6) is 0 Å². The van der Waals surface area contributed by atoms with Crippen LogP contribution in [0.25, 0.3) is 0 Å². The molecule has 0 saturated heterocycles. The van der Waals surface area contributed by atoms with Crippen molar-refractivity contribution in [2.45, 2.75) is 105 Å². The highest BCUT2D eigenvalue weighted by Gasteiger charge is 2.11. The molecular formula is C22H46O2S2. The maximum atomic E-state index is 12.2. The van der Waals surface area contributed by atoms with E-state index in [2.05, 4.69) is 27.7 Å². The van der Waals surface area contributed by atoms with Crippen LogP contribution in [0.15, 0.2) is 0 Å². The van der Waals surface area contributed by atoms with Crippen LogP contribution in [0.2, 0.25) is 0 Å². The molecule has 0 N–H and O–H groups in total. The van der Waals surface area contributed by atoms with Crippen LogP contribution in [0.4, 0.5) is 0 Å². The van der Waals surface area contributed by atoms with E-state index in [0.717, 1.165) is 61.5 Å². The molecule has 0 heterocycles. The van der Waals surface area contributed by atoms with Crippen molar-refractivity contribution in [2.75, 3.05) is 23.0 Å². The highest BCUT2D eigenvalue weighted by atomic mass is 32.2. The largest absolute Gasteiger partial charge is 0.260 e. The van der Waals surface area contributed by atoms with Crippen LogP contribution >= 0.6 is 0 Å². The van der Waals surface area contributed by atoms with Gasteiger partial charge in [0.15, 0.2) is 0 Å². The van der Waals surface area contributed by atoms with Crippen LogP contribution in [-0.4, -0.2) is 31.4 Å². The van der Waals surface area contributed by atoms with Crippen LogP contribution in [0.3, 0.4) is 0 Å². The number of unbranched alkanes of at least 4 members (excludes halogenated alkanes) is 5. The van der Waals surface area contributed by atoms with Crippen molar-refractivity contribution in [2.24, 2.45) is 11.8 Å². The van der Waals surface area contributed by atoms with E-state index >= 15 is 0 Å². The van der Waals surface area contributed by atoms with Crippen LogP contribution < -0.4 is 0 Å². The minimum absolute atomic E-state index is 0.640. The maximum absolute atomic E-state index is 12.2. The van der Waals surface area contributed by atoms with Crippen LogP contribution in [-0.2, 0) is 21.6 Å². The summed E-state index contributed by atoms with van der Waals surface area (Å²) in [6.07, 6.45) is 14.2. The standard InChI is InChI=1S/C22H46O2S2/c1-5-9-15-21(7-3)19-25(23)17-13-11-12-14-18-26(24)20-22(8-4)16-10-6-2/h21-22H,5-20H2,1-4H3. The molecule has 2 nitrogen and oxygen atoms in total. The molecule has 0 aliphatic carbocycles. The molecule has 4 heteroatoms. The first kappa shape index (κ1) is 26.3. The van der Waals surface area contributed by atoms with E-state index in [1.165, 1.54) is 38.5 Å². The summed E-state index contributed by atoms with van der Waals surface area (Å²) in [4.78, 5) is 0. The molecule has 0 rings (SSSR count). The number of hydrogen-bond donors (Lipinski definition) is 0. The average Bonchev–Trinajstić information content (AvgIpc) is 2.64. The van der Waals surface area contributed by atoms with E-state index in [0.29, 0.717) is 11.8 Å². The molecule has 0 aliphatic rings. The Balaban J connectivity index is 3.70. The lowest BCUT2D eigenvalue weighted by Gasteiger charge is -2.14. The maximum Gasteiger partial charge on any atom is 0.0263 e. The van der Waals surface area contributed by atoms with Gasteiger partial charge in [0.1, 0.15) is 0 Å². The van der Waals surface area contributed by atoms with Gasteiger partial charge in [0.2, 0.25) is 0 Å². The number of hydrogen-bond acceptors (Lipinski definition) is 2. The summed E-state index contributed by atoms with van der Waals surface area (Å²) in [6.45, 7) is 8.90. The van der Waals surface area contributed by atoms with Gasteiger partial charge in [-0.2, -0.15) is 0 Å². The summed E-state index contributed by atoms with van der Waals surface area (Å²) in [5.41, 5.74) is 0. The lowest BCUT2D eigenvalue weighted by atomic mass is 10.0. The molecule has 0 spiro atoms. The van der Waals surface area contributed by atoms with Crippen molar-refractivity contribution in [1.82, 2.24) is 0 Å². The van der Waals surface area contributed by atoms with Gasteiger partial charge in [0, 0.05) is 44.6 Å². The van der Waals surface area contributed by atoms with Crippen LogP contribution in [0.1, 0.15) is 105 Å². The Morgan fingerprint density at radius 2 is 0.962 bits per heavy atom. The lowest BCUT2D eigenvalue weighted by molar-refractivity contribution is 0.493. The summed E-state index contributed by atoms with van der Waals surface area (Å²) in [5.74, 6) is 4.82. The highest BCUT2D eigenvalue weighted by molar-refractivity contribution is 7.85. The molecule has 0 aromatic rings. The fourth-order valence-corrected chi connectivity index (χ4v) is 6.61. The minimum atomic E-state index is -0.640. The molecule has 0 radical (unpaired) electrons. The summed E-state index contributed by atoms with van der Waals surface area (Å²) in [7, 11) is -1.28. The normalized spacial score (nSPS) is 16.3. The fraction of sp³-hybridized carbons (Fsp3) is 1.00. The van der Waals surface area contributed by atoms with E-state index in [-0.39, 0.29) is 0 Å². The molecule has 4 unspecified atom stereocenters. The highest BCUT2D eigenvalue weighted by Crippen LogP contribution is 2.16. The molecule has 0 fully saturated rings. The zero-order valence-electron chi connectivity index (χ0n) is 18.1. The van der Waals surface area contributed by atoms with Crippen molar-refractivity contribution >= 4 is 21.6 Å². The Hall–Kier alpha value is 0.300. The third kappa shape index (κ3) is 15.4. The van der Waals surface area contributed by atoms with Crippen molar-refractivity contribution in [3.05, 3.63) is 0 Å². The molecular weight excluding hydrogens is 360 g/mol. The van der Waals surface area contributed by atoms with Gasteiger partial charge >= 0.3 is 0 Å². The Labute approximate surface area is 169 Å². The van der Waals surface area contributed by atoms with E-state index in [4.69, 9.17) is 0 Å². The van der Waals surface area contributed by atoms with Crippen LogP contribution in [0, 0.1) is 11.8 Å². The third-order valence-electron chi connectivity index (χ3n) is 5.42. The monoisotopic (exact) mass is 406 g/mol. The first-order chi connectivity index (χ1) is 12.6. The molecule has 0 aromatic heterocycles. The quantitative estimate of drug-likeness (QED) is 0.230. The van der Waals surface area contributed by atoms with Gasteiger partial charge in [-0.25, -0.2) is 0 Å². The molecule has 4 atom stereocenters. The van der Waals surface area contributed by atoms with E-state index < -0.39 is 21.6 Å². The predicted octanol–water partition coefficient (Wildman–Crippen LogP) is 6.48. The van der Waals surface area contributed by atoms with Crippen molar-refractivity contribution < 1.29 is 8.42 Å². The smallest absolute Gasteiger partial charge is 0.0263 e. The Bertz CT molecular complexity index is 324.